The van der Waals surface area contributed by atoms with Gasteiger partial charge in [0.25, 0.3) is 0 Å². The Morgan fingerprint density at radius 3 is 2.83 bits per heavy atom. The number of aliphatic imine (C=N–C) groups is 1. The van der Waals surface area contributed by atoms with E-state index in [-0.39, 0.29) is 0 Å². The number of fused-ring (bicyclic) bond motifs is 1. The first kappa shape index (κ1) is 15.6. The Balaban J connectivity index is 1.57. The lowest BCUT2D eigenvalue weighted by Gasteiger charge is -2.13. The van der Waals surface area contributed by atoms with Crippen LogP contribution in [0.2, 0.25) is 5.02 Å². The zero-order valence-electron chi connectivity index (χ0n) is 12.0. The predicted molar refractivity (Wildman–Crippen MR) is 100 cm³/mol. The number of thioether (sulfide) groups is 3. The molecule has 5 nitrogen and oxygen atoms in total. The highest BCUT2D eigenvalue weighted by Crippen LogP contribution is 2.28. The highest BCUT2D eigenvalue weighted by molar-refractivity contribution is 8.38. The van der Waals surface area contributed by atoms with Gasteiger partial charge in [0.15, 0.2) is 5.82 Å². The summed E-state index contributed by atoms with van der Waals surface area (Å²) in [6.07, 6.45) is 0. The molecule has 2 aromatic rings. The SMILES string of the molecule is Clc1ccc(C2=Nn3c(CSC4=NCCS4)nnc3SC2)cc1. The summed E-state index contributed by atoms with van der Waals surface area (Å²) in [6.45, 7) is 0.916. The molecular weight excluding hydrogens is 370 g/mol. The molecule has 1 aromatic heterocycles. The van der Waals surface area contributed by atoms with Crippen LogP contribution in [-0.4, -0.2) is 43.0 Å². The molecule has 0 fully saturated rings. The summed E-state index contributed by atoms with van der Waals surface area (Å²) < 4.78 is 2.98. The second-order valence-electron chi connectivity index (χ2n) is 4.84. The molecule has 9 heteroatoms. The molecule has 0 N–H and O–H groups in total. The molecule has 2 aliphatic rings. The lowest BCUT2D eigenvalue weighted by atomic mass is 10.1. The molecule has 0 aliphatic carbocycles. The average Bonchev–Trinajstić information content (AvgIpc) is 3.22. The van der Waals surface area contributed by atoms with E-state index in [0.717, 1.165) is 55.5 Å². The van der Waals surface area contributed by atoms with Crippen molar-refractivity contribution in [2.75, 3.05) is 18.1 Å². The minimum absolute atomic E-state index is 0.731. The van der Waals surface area contributed by atoms with Crippen LogP contribution in [0.4, 0.5) is 0 Å². The van der Waals surface area contributed by atoms with Gasteiger partial charge in [-0.05, 0) is 17.7 Å². The van der Waals surface area contributed by atoms with Crippen LogP contribution in [0.5, 0.6) is 0 Å². The maximum Gasteiger partial charge on any atom is 0.212 e. The molecule has 0 unspecified atom stereocenters. The van der Waals surface area contributed by atoms with Gasteiger partial charge in [-0.2, -0.15) is 9.78 Å². The second kappa shape index (κ2) is 6.88. The summed E-state index contributed by atoms with van der Waals surface area (Å²) in [4.78, 5) is 4.45. The van der Waals surface area contributed by atoms with Gasteiger partial charge in [0, 0.05) is 16.5 Å². The van der Waals surface area contributed by atoms with Crippen LogP contribution in [0, 0.1) is 0 Å². The lowest BCUT2D eigenvalue weighted by Crippen LogP contribution is -2.14. The Morgan fingerprint density at radius 2 is 2.04 bits per heavy atom. The van der Waals surface area contributed by atoms with Crippen LogP contribution >= 0.6 is 46.9 Å². The molecule has 0 amide bonds. The molecule has 0 radical (unpaired) electrons. The second-order valence-corrected chi connectivity index (χ2v) is 8.52. The molecule has 2 aliphatic heterocycles. The van der Waals surface area contributed by atoms with Gasteiger partial charge >= 0.3 is 0 Å². The van der Waals surface area contributed by atoms with E-state index in [0.29, 0.717) is 0 Å². The Kier molecular flexibility index (Phi) is 4.66. The van der Waals surface area contributed by atoms with Crippen molar-refractivity contribution >= 4 is 57.0 Å². The minimum Gasteiger partial charge on any atom is -0.271 e. The molecule has 23 heavy (non-hydrogen) atoms. The van der Waals surface area contributed by atoms with Crippen LogP contribution in [0.25, 0.3) is 0 Å². The summed E-state index contributed by atoms with van der Waals surface area (Å²) >= 11 is 11.1. The van der Waals surface area contributed by atoms with E-state index in [1.54, 1.807) is 35.3 Å². The number of halogens is 1. The number of hydrogen-bond acceptors (Lipinski definition) is 7. The molecule has 118 valence electrons. The first-order valence-corrected chi connectivity index (χ1v) is 10.3. The third-order valence-corrected chi connectivity index (χ3v) is 6.73. The lowest BCUT2D eigenvalue weighted by molar-refractivity contribution is 0.731. The van der Waals surface area contributed by atoms with E-state index in [1.807, 2.05) is 28.9 Å². The first-order chi connectivity index (χ1) is 11.3. The maximum atomic E-state index is 5.96. The van der Waals surface area contributed by atoms with E-state index >= 15 is 0 Å². The topological polar surface area (TPSA) is 55.4 Å². The number of nitrogens with zero attached hydrogens (tertiary/aromatic N) is 5. The normalized spacial score (nSPS) is 16.9. The zero-order valence-corrected chi connectivity index (χ0v) is 15.2. The fourth-order valence-corrected chi connectivity index (χ4v) is 5.07. The first-order valence-electron chi connectivity index (χ1n) is 7.00. The molecule has 0 atom stereocenters. The molecule has 0 spiro atoms. The van der Waals surface area contributed by atoms with Gasteiger partial charge in [0.05, 0.1) is 18.0 Å². The third-order valence-electron chi connectivity index (χ3n) is 3.30. The summed E-state index contributed by atoms with van der Waals surface area (Å²) in [5, 5.41) is 14.8. The Morgan fingerprint density at radius 1 is 1.17 bits per heavy atom. The maximum absolute atomic E-state index is 5.96. The molecule has 0 bridgehead atoms. The standard InChI is InChI=1S/C14H12ClN5S3/c15-10-3-1-9(2-4-10)11-7-22-13-18-17-12(20(13)19-11)8-23-14-16-5-6-21-14/h1-4H,5-8H2. The smallest absolute Gasteiger partial charge is 0.212 e. The van der Waals surface area contributed by atoms with Crippen molar-refractivity contribution in [1.82, 2.24) is 14.9 Å². The summed E-state index contributed by atoms with van der Waals surface area (Å²) in [5.41, 5.74) is 2.09. The van der Waals surface area contributed by atoms with E-state index in [9.17, 15) is 0 Å². The number of rotatable bonds is 3. The molecule has 1 aromatic carbocycles. The van der Waals surface area contributed by atoms with Gasteiger partial charge in [0.2, 0.25) is 5.16 Å². The largest absolute Gasteiger partial charge is 0.271 e. The fraction of sp³-hybridized carbons (Fsp3) is 0.286. The van der Waals surface area contributed by atoms with Crippen LogP contribution in [0.1, 0.15) is 11.4 Å². The molecule has 3 heterocycles. The number of aromatic nitrogens is 3. The molecule has 0 saturated heterocycles. The Labute approximate surface area is 151 Å². The molecule has 0 saturated carbocycles. The molecule has 4 rings (SSSR count). The van der Waals surface area contributed by atoms with Gasteiger partial charge in [-0.3, -0.25) is 4.99 Å². The van der Waals surface area contributed by atoms with Gasteiger partial charge in [-0.25, -0.2) is 0 Å². The van der Waals surface area contributed by atoms with Crippen LogP contribution in [-0.2, 0) is 5.75 Å². The Hall–Kier alpha value is -0.960. The van der Waals surface area contributed by atoms with E-state index in [1.165, 1.54) is 0 Å². The highest BCUT2D eigenvalue weighted by Gasteiger charge is 2.20. The van der Waals surface area contributed by atoms with Gasteiger partial charge in [0.1, 0.15) is 4.38 Å². The number of hydrogen-bond donors (Lipinski definition) is 0. The van der Waals surface area contributed by atoms with Crippen LogP contribution in [0.3, 0.4) is 0 Å². The van der Waals surface area contributed by atoms with E-state index < -0.39 is 0 Å². The van der Waals surface area contributed by atoms with Crippen molar-refractivity contribution in [3.63, 3.8) is 0 Å². The number of benzene rings is 1. The van der Waals surface area contributed by atoms with Crippen LogP contribution in [0.15, 0.2) is 39.5 Å². The Bertz CT molecular complexity index is 784. The average molecular weight is 382 g/mol. The van der Waals surface area contributed by atoms with Gasteiger partial charge < -0.3 is 0 Å². The van der Waals surface area contributed by atoms with Gasteiger partial charge in [-0.1, -0.05) is 59.0 Å². The summed E-state index contributed by atoms with van der Waals surface area (Å²) in [7, 11) is 0. The summed E-state index contributed by atoms with van der Waals surface area (Å²) in [5.74, 6) is 3.46. The third kappa shape index (κ3) is 3.45. The van der Waals surface area contributed by atoms with Crippen LogP contribution < -0.4 is 0 Å². The molecular formula is C14H12ClN5S3. The van der Waals surface area contributed by atoms with E-state index in [2.05, 4.69) is 15.2 Å². The van der Waals surface area contributed by atoms with Crippen molar-refractivity contribution in [1.29, 1.82) is 0 Å². The fourth-order valence-electron chi connectivity index (χ4n) is 2.17. The van der Waals surface area contributed by atoms with Gasteiger partial charge in [-0.15, -0.1) is 10.2 Å². The minimum atomic E-state index is 0.731. The monoisotopic (exact) mass is 381 g/mol. The van der Waals surface area contributed by atoms with Crippen molar-refractivity contribution in [3.8, 4) is 0 Å². The van der Waals surface area contributed by atoms with E-state index in [4.69, 9.17) is 16.7 Å². The van der Waals surface area contributed by atoms with Crippen molar-refractivity contribution in [2.24, 2.45) is 10.1 Å². The summed E-state index contributed by atoms with van der Waals surface area (Å²) in [6, 6.07) is 7.76. The van der Waals surface area contributed by atoms with Crippen molar-refractivity contribution < 1.29 is 0 Å². The highest BCUT2D eigenvalue weighted by atomic mass is 35.5. The van der Waals surface area contributed by atoms with Crippen molar-refractivity contribution in [3.05, 3.63) is 40.7 Å². The van der Waals surface area contributed by atoms with Crippen molar-refractivity contribution in [2.45, 2.75) is 10.9 Å². The zero-order chi connectivity index (χ0) is 15.6. The quantitative estimate of drug-likeness (QED) is 0.812. The predicted octanol–water partition coefficient (Wildman–Crippen LogP) is 3.63.